The molecule has 0 aliphatic rings. The summed E-state index contributed by atoms with van der Waals surface area (Å²) in [6.07, 6.45) is 2.17. The SMILES string of the molecule is O=C(O)c1cnc(C(=O)Nc2ccc(COc3ccccc3)cc2)cn1. The summed E-state index contributed by atoms with van der Waals surface area (Å²) in [6, 6.07) is 16.7. The lowest BCUT2D eigenvalue weighted by Crippen LogP contribution is -2.15. The van der Waals surface area contributed by atoms with Gasteiger partial charge in [0.2, 0.25) is 0 Å². The molecular weight excluding hydrogens is 334 g/mol. The third-order valence-corrected chi connectivity index (χ3v) is 3.46. The largest absolute Gasteiger partial charge is 0.489 e. The van der Waals surface area contributed by atoms with Crippen molar-refractivity contribution in [2.45, 2.75) is 6.61 Å². The van der Waals surface area contributed by atoms with Crippen molar-refractivity contribution in [3.05, 3.63) is 83.9 Å². The van der Waals surface area contributed by atoms with E-state index in [-0.39, 0.29) is 11.4 Å². The zero-order chi connectivity index (χ0) is 18.4. The first-order valence-corrected chi connectivity index (χ1v) is 7.75. The summed E-state index contributed by atoms with van der Waals surface area (Å²) < 4.78 is 5.66. The van der Waals surface area contributed by atoms with E-state index in [9.17, 15) is 9.59 Å². The van der Waals surface area contributed by atoms with Gasteiger partial charge >= 0.3 is 5.97 Å². The number of carbonyl (C=O) groups is 2. The molecule has 0 bridgehead atoms. The lowest BCUT2D eigenvalue weighted by molar-refractivity contribution is 0.0689. The minimum Gasteiger partial charge on any atom is -0.489 e. The second-order valence-electron chi connectivity index (χ2n) is 5.34. The van der Waals surface area contributed by atoms with Crippen LogP contribution in [0.4, 0.5) is 5.69 Å². The Kier molecular flexibility index (Phi) is 5.19. The quantitative estimate of drug-likeness (QED) is 0.709. The summed E-state index contributed by atoms with van der Waals surface area (Å²) >= 11 is 0. The van der Waals surface area contributed by atoms with Crippen molar-refractivity contribution >= 4 is 17.6 Å². The molecule has 0 spiro atoms. The van der Waals surface area contributed by atoms with E-state index in [0.717, 1.165) is 23.7 Å². The van der Waals surface area contributed by atoms with Crippen LogP contribution in [0.3, 0.4) is 0 Å². The van der Waals surface area contributed by atoms with E-state index in [1.807, 2.05) is 42.5 Å². The molecule has 0 radical (unpaired) electrons. The molecule has 1 heterocycles. The monoisotopic (exact) mass is 349 g/mol. The van der Waals surface area contributed by atoms with Crippen molar-refractivity contribution in [2.75, 3.05) is 5.32 Å². The van der Waals surface area contributed by atoms with Gasteiger partial charge in [-0.25, -0.2) is 14.8 Å². The normalized spacial score (nSPS) is 10.2. The van der Waals surface area contributed by atoms with Crippen LogP contribution >= 0.6 is 0 Å². The maximum absolute atomic E-state index is 12.1. The molecular formula is C19H15N3O4. The summed E-state index contributed by atoms with van der Waals surface area (Å²) in [5, 5.41) is 11.5. The molecule has 7 heteroatoms. The fourth-order valence-corrected chi connectivity index (χ4v) is 2.12. The van der Waals surface area contributed by atoms with Crippen LogP contribution < -0.4 is 10.1 Å². The van der Waals surface area contributed by atoms with E-state index in [1.165, 1.54) is 0 Å². The Morgan fingerprint density at radius 2 is 1.58 bits per heavy atom. The Bertz CT molecular complexity index is 894. The van der Waals surface area contributed by atoms with E-state index in [1.54, 1.807) is 12.1 Å². The molecule has 26 heavy (non-hydrogen) atoms. The number of benzene rings is 2. The molecule has 2 aromatic carbocycles. The molecule has 1 amide bonds. The fourth-order valence-electron chi connectivity index (χ4n) is 2.12. The van der Waals surface area contributed by atoms with Gasteiger partial charge in [-0.3, -0.25) is 4.79 Å². The number of carbonyl (C=O) groups excluding carboxylic acids is 1. The lowest BCUT2D eigenvalue weighted by Gasteiger charge is -2.08. The van der Waals surface area contributed by atoms with Crippen molar-refractivity contribution < 1.29 is 19.4 Å². The van der Waals surface area contributed by atoms with Crippen LogP contribution in [0.1, 0.15) is 26.5 Å². The molecule has 0 saturated carbocycles. The van der Waals surface area contributed by atoms with Crippen molar-refractivity contribution in [2.24, 2.45) is 0 Å². The van der Waals surface area contributed by atoms with Crippen LogP contribution in [0.5, 0.6) is 5.75 Å². The summed E-state index contributed by atoms with van der Waals surface area (Å²) in [4.78, 5) is 30.3. The molecule has 0 aliphatic heterocycles. The summed E-state index contributed by atoms with van der Waals surface area (Å²) in [6.45, 7) is 0.417. The van der Waals surface area contributed by atoms with Gasteiger partial charge in [-0.05, 0) is 29.8 Å². The highest BCUT2D eigenvalue weighted by Crippen LogP contribution is 2.14. The zero-order valence-electron chi connectivity index (χ0n) is 13.6. The number of hydrogen-bond acceptors (Lipinski definition) is 5. The average Bonchev–Trinajstić information content (AvgIpc) is 2.68. The summed E-state index contributed by atoms with van der Waals surface area (Å²) in [7, 11) is 0. The highest BCUT2D eigenvalue weighted by atomic mass is 16.5. The van der Waals surface area contributed by atoms with E-state index in [0.29, 0.717) is 12.3 Å². The molecule has 0 atom stereocenters. The van der Waals surface area contributed by atoms with Crippen molar-refractivity contribution in [3.8, 4) is 5.75 Å². The number of nitrogens with zero attached hydrogens (tertiary/aromatic N) is 2. The average molecular weight is 349 g/mol. The van der Waals surface area contributed by atoms with Crippen LogP contribution in [0.15, 0.2) is 67.0 Å². The fraction of sp³-hybridized carbons (Fsp3) is 0.0526. The Balaban J connectivity index is 1.58. The standard InChI is InChI=1S/C19H15N3O4/c23-18(16-10-21-17(11-20-16)19(24)25)22-14-8-6-13(7-9-14)12-26-15-4-2-1-3-5-15/h1-11H,12H2,(H,22,23)(H,24,25). The van der Waals surface area contributed by atoms with Crippen LogP contribution in [0.2, 0.25) is 0 Å². The Morgan fingerprint density at radius 1 is 0.923 bits per heavy atom. The van der Waals surface area contributed by atoms with Crippen molar-refractivity contribution in [3.63, 3.8) is 0 Å². The smallest absolute Gasteiger partial charge is 0.356 e. The predicted molar refractivity (Wildman–Crippen MR) is 94.2 cm³/mol. The Morgan fingerprint density at radius 3 is 2.19 bits per heavy atom. The van der Waals surface area contributed by atoms with E-state index in [2.05, 4.69) is 15.3 Å². The van der Waals surface area contributed by atoms with Gasteiger partial charge in [0.25, 0.3) is 5.91 Å². The maximum Gasteiger partial charge on any atom is 0.356 e. The van der Waals surface area contributed by atoms with Crippen LogP contribution in [-0.4, -0.2) is 27.0 Å². The third-order valence-electron chi connectivity index (χ3n) is 3.46. The molecule has 7 nitrogen and oxygen atoms in total. The van der Waals surface area contributed by atoms with Gasteiger partial charge in [-0.1, -0.05) is 30.3 Å². The third kappa shape index (κ3) is 4.41. The topological polar surface area (TPSA) is 101 Å². The van der Waals surface area contributed by atoms with E-state index < -0.39 is 11.9 Å². The first-order chi connectivity index (χ1) is 12.6. The Hall–Kier alpha value is -3.74. The molecule has 0 aliphatic carbocycles. The molecule has 0 saturated heterocycles. The molecule has 1 aromatic heterocycles. The van der Waals surface area contributed by atoms with Gasteiger partial charge < -0.3 is 15.2 Å². The van der Waals surface area contributed by atoms with Gasteiger partial charge in [0, 0.05) is 5.69 Å². The van der Waals surface area contributed by atoms with Gasteiger partial charge in [0.05, 0.1) is 12.4 Å². The van der Waals surface area contributed by atoms with Crippen molar-refractivity contribution in [1.29, 1.82) is 0 Å². The number of para-hydroxylation sites is 1. The number of hydrogen-bond donors (Lipinski definition) is 2. The number of carboxylic acids is 1. The van der Waals surface area contributed by atoms with Gasteiger partial charge in [0.1, 0.15) is 18.1 Å². The maximum atomic E-state index is 12.1. The van der Waals surface area contributed by atoms with Crippen molar-refractivity contribution in [1.82, 2.24) is 9.97 Å². The highest BCUT2D eigenvalue weighted by molar-refractivity contribution is 6.02. The first-order valence-electron chi connectivity index (χ1n) is 7.75. The lowest BCUT2D eigenvalue weighted by atomic mass is 10.2. The van der Waals surface area contributed by atoms with E-state index >= 15 is 0 Å². The van der Waals surface area contributed by atoms with Gasteiger partial charge in [-0.15, -0.1) is 0 Å². The van der Waals surface area contributed by atoms with E-state index in [4.69, 9.17) is 9.84 Å². The summed E-state index contributed by atoms with van der Waals surface area (Å²) in [5.41, 5.74) is 1.36. The number of ether oxygens (including phenoxy) is 1. The number of carboxylic acid groups (broad SMARTS) is 1. The molecule has 3 aromatic rings. The van der Waals surface area contributed by atoms with Gasteiger partial charge in [0.15, 0.2) is 5.69 Å². The number of rotatable bonds is 6. The van der Waals surface area contributed by atoms with Crippen LogP contribution in [-0.2, 0) is 6.61 Å². The number of aromatic nitrogens is 2. The molecule has 2 N–H and O–H groups in total. The van der Waals surface area contributed by atoms with Crippen LogP contribution in [0.25, 0.3) is 0 Å². The number of nitrogens with one attached hydrogen (secondary N) is 1. The second kappa shape index (κ2) is 7.89. The minimum absolute atomic E-state index is 0.0338. The number of anilines is 1. The zero-order valence-corrected chi connectivity index (χ0v) is 13.6. The highest BCUT2D eigenvalue weighted by Gasteiger charge is 2.11. The molecule has 0 fully saturated rings. The predicted octanol–water partition coefficient (Wildman–Crippen LogP) is 3.01. The van der Waals surface area contributed by atoms with Crippen LogP contribution in [0, 0.1) is 0 Å². The Labute approximate surface area is 149 Å². The summed E-state index contributed by atoms with van der Waals surface area (Å²) in [5.74, 6) is -0.881. The minimum atomic E-state index is -1.20. The van der Waals surface area contributed by atoms with Gasteiger partial charge in [-0.2, -0.15) is 0 Å². The first kappa shape index (κ1) is 17.1. The molecule has 0 unspecified atom stereocenters. The number of aromatic carboxylic acids is 1. The number of amides is 1. The molecule has 130 valence electrons. The molecule has 3 rings (SSSR count). The second-order valence-corrected chi connectivity index (χ2v) is 5.34.